The predicted octanol–water partition coefficient (Wildman–Crippen LogP) is 4.16. The molecule has 2 atom stereocenters. The van der Waals surface area contributed by atoms with E-state index in [1.165, 1.54) is 38.7 Å². The molecule has 1 aromatic carbocycles. The maximum absolute atomic E-state index is 14.0. The Morgan fingerprint density at radius 2 is 2.00 bits per heavy atom. The van der Waals surface area contributed by atoms with E-state index in [1.54, 1.807) is 12.1 Å². The summed E-state index contributed by atoms with van der Waals surface area (Å²) in [7, 11) is 0. The molecule has 0 heterocycles. The van der Waals surface area contributed by atoms with Gasteiger partial charge in [-0.3, -0.25) is 4.79 Å². The third kappa shape index (κ3) is 3.74. The zero-order chi connectivity index (χ0) is 14.8. The minimum absolute atomic E-state index is 0.140. The highest BCUT2D eigenvalue weighted by Crippen LogP contribution is 2.44. The maximum Gasteiger partial charge on any atom is 0.221 e. The van der Waals surface area contributed by atoms with Crippen molar-refractivity contribution in [3.05, 3.63) is 24.0 Å². The van der Waals surface area contributed by atoms with Crippen LogP contribution >= 0.6 is 0 Å². The molecule has 0 aromatic heterocycles. The van der Waals surface area contributed by atoms with Gasteiger partial charge in [-0.1, -0.05) is 12.8 Å². The van der Waals surface area contributed by atoms with Gasteiger partial charge in [0.2, 0.25) is 5.91 Å². The zero-order valence-electron chi connectivity index (χ0n) is 12.5. The molecule has 0 aliphatic heterocycles. The number of benzene rings is 1. The molecule has 0 spiro atoms. The van der Waals surface area contributed by atoms with E-state index >= 15 is 0 Å². The van der Waals surface area contributed by atoms with Crippen LogP contribution in [-0.4, -0.2) is 11.9 Å². The molecule has 2 unspecified atom stereocenters. The van der Waals surface area contributed by atoms with Crippen LogP contribution in [0.5, 0.6) is 0 Å². The largest absolute Gasteiger partial charge is 0.380 e. The van der Waals surface area contributed by atoms with Crippen LogP contribution in [0.3, 0.4) is 0 Å². The van der Waals surface area contributed by atoms with E-state index < -0.39 is 0 Å². The zero-order valence-corrected chi connectivity index (χ0v) is 12.5. The van der Waals surface area contributed by atoms with E-state index in [0.717, 1.165) is 24.7 Å². The lowest BCUT2D eigenvalue weighted by Gasteiger charge is -2.30. The van der Waals surface area contributed by atoms with Crippen molar-refractivity contribution >= 4 is 17.3 Å². The smallest absolute Gasteiger partial charge is 0.221 e. The summed E-state index contributed by atoms with van der Waals surface area (Å²) < 4.78 is 14.0. The Morgan fingerprint density at radius 3 is 2.71 bits per heavy atom. The number of rotatable bonds is 4. The van der Waals surface area contributed by atoms with Crippen LogP contribution in [-0.2, 0) is 4.79 Å². The lowest BCUT2D eigenvalue weighted by molar-refractivity contribution is -0.114. The van der Waals surface area contributed by atoms with Crippen molar-refractivity contribution in [2.45, 2.75) is 51.5 Å². The van der Waals surface area contributed by atoms with Gasteiger partial charge in [0, 0.05) is 18.7 Å². The van der Waals surface area contributed by atoms with Crippen molar-refractivity contribution in [3.63, 3.8) is 0 Å². The molecule has 4 heteroatoms. The van der Waals surface area contributed by atoms with Crippen LogP contribution in [0, 0.1) is 17.7 Å². The highest BCUT2D eigenvalue weighted by atomic mass is 19.1. The number of carbonyl (C=O) groups excluding carboxylic acids is 1. The molecule has 114 valence electrons. The Hall–Kier alpha value is -1.58. The molecule has 0 bridgehead atoms. The Balaban J connectivity index is 1.66. The third-order valence-corrected chi connectivity index (χ3v) is 4.65. The highest BCUT2D eigenvalue weighted by Gasteiger charge is 2.34. The van der Waals surface area contributed by atoms with Crippen molar-refractivity contribution in [1.29, 1.82) is 0 Å². The van der Waals surface area contributed by atoms with E-state index in [4.69, 9.17) is 0 Å². The fraction of sp³-hybridized carbons (Fsp3) is 0.588. The first-order valence-electron chi connectivity index (χ1n) is 7.95. The normalized spacial score (nSPS) is 25.4. The fourth-order valence-corrected chi connectivity index (χ4v) is 3.49. The first-order valence-corrected chi connectivity index (χ1v) is 7.95. The van der Waals surface area contributed by atoms with Crippen LogP contribution in [0.1, 0.15) is 45.4 Å². The monoisotopic (exact) mass is 290 g/mol. The number of hydrogen-bond acceptors (Lipinski definition) is 2. The minimum atomic E-state index is -0.252. The SMILES string of the molecule is CC(=O)Nc1ccc(F)c(NC2CCCC(C3CC3)C2)c1. The minimum Gasteiger partial charge on any atom is -0.380 e. The van der Waals surface area contributed by atoms with Crippen molar-refractivity contribution in [3.8, 4) is 0 Å². The molecule has 21 heavy (non-hydrogen) atoms. The van der Waals surface area contributed by atoms with E-state index in [2.05, 4.69) is 10.6 Å². The lowest BCUT2D eigenvalue weighted by atomic mass is 9.82. The summed E-state index contributed by atoms with van der Waals surface area (Å²) in [4.78, 5) is 11.1. The first kappa shape index (κ1) is 14.4. The third-order valence-electron chi connectivity index (χ3n) is 4.65. The average molecular weight is 290 g/mol. The standard InChI is InChI=1S/C17H23FN2O/c1-11(21)19-15-7-8-16(18)17(10-15)20-14-4-2-3-13(9-14)12-5-6-12/h7-8,10,12-14,20H,2-6,9H2,1H3,(H,19,21). The van der Waals surface area contributed by atoms with Crippen molar-refractivity contribution < 1.29 is 9.18 Å². The van der Waals surface area contributed by atoms with Gasteiger partial charge in [0.05, 0.1) is 5.69 Å². The van der Waals surface area contributed by atoms with Gasteiger partial charge in [0.15, 0.2) is 0 Å². The van der Waals surface area contributed by atoms with Crippen LogP contribution < -0.4 is 10.6 Å². The number of carbonyl (C=O) groups is 1. The Kier molecular flexibility index (Phi) is 4.13. The number of halogens is 1. The summed E-state index contributed by atoms with van der Waals surface area (Å²) >= 11 is 0. The number of amides is 1. The van der Waals surface area contributed by atoms with Gasteiger partial charge < -0.3 is 10.6 Å². The molecule has 0 radical (unpaired) electrons. The highest BCUT2D eigenvalue weighted by molar-refractivity contribution is 5.89. The molecule has 2 aliphatic carbocycles. The van der Waals surface area contributed by atoms with Gasteiger partial charge in [-0.05, 0) is 55.7 Å². The van der Waals surface area contributed by atoms with Gasteiger partial charge in [-0.2, -0.15) is 0 Å². The number of anilines is 2. The Labute approximate surface area is 125 Å². The number of hydrogen-bond donors (Lipinski definition) is 2. The average Bonchev–Trinajstić information content (AvgIpc) is 3.27. The van der Waals surface area contributed by atoms with Gasteiger partial charge >= 0.3 is 0 Å². The summed E-state index contributed by atoms with van der Waals surface area (Å²) in [6.07, 6.45) is 7.57. The van der Waals surface area contributed by atoms with Gasteiger partial charge in [0.1, 0.15) is 5.82 Å². The summed E-state index contributed by atoms with van der Waals surface area (Å²) in [6, 6.07) is 5.05. The van der Waals surface area contributed by atoms with Crippen molar-refractivity contribution in [1.82, 2.24) is 0 Å². The van der Waals surface area contributed by atoms with E-state index in [0.29, 0.717) is 17.4 Å². The second-order valence-electron chi connectivity index (χ2n) is 6.48. The molecule has 2 N–H and O–H groups in total. The second kappa shape index (κ2) is 6.04. The summed E-state index contributed by atoms with van der Waals surface area (Å²) in [5, 5.41) is 6.05. The Bertz CT molecular complexity index is 528. The molecular weight excluding hydrogens is 267 g/mol. The molecule has 1 amide bonds. The van der Waals surface area contributed by atoms with E-state index in [-0.39, 0.29) is 11.7 Å². The molecular formula is C17H23FN2O. The fourth-order valence-electron chi connectivity index (χ4n) is 3.49. The van der Waals surface area contributed by atoms with Gasteiger partial charge in [0.25, 0.3) is 0 Å². The number of nitrogens with one attached hydrogen (secondary N) is 2. The summed E-state index contributed by atoms with van der Waals surface area (Å²) in [5.74, 6) is 1.35. The summed E-state index contributed by atoms with van der Waals surface area (Å²) in [5.41, 5.74) is 1.14. The van der Waals surface area contributed by atoms with Crippen LogP contribution in [0.2, 0.25) is 0 Å². The molecule has 3 rings (SSSR count). The molecule has 2 fully saturated rings. The molecule has 1 aromatic rings. The van der Waals surface area contributed by atoms with Gasteiger partial charge in [-0.15, -0.1) is 0 Å². The topological polar surface area (TPSA) is 41.1 Å². The molecule has 2 saturated carbocycles. The van der Waals surface area contributed by atoms with E-state index in [1.807, 2.05) is 0 Å². The van der Waals surface area contributed by atoms with Crippen LogP contribution in [0.25, 0.3) is 0 Å². The molecule has 3 nitrogen and oxygen atoms in total. The molecule has 2 aliphatic rings. The molecule has 0 saturated heterocycles. The van der Waals surface area contributed by atoms with Crippen molar-refractivity contribution in [2.75, 3.05) is 10.6 Å². The van der Waals surface area contributed by atoms with E-state index in [9.17, 15) is 9.18 Å². The van der Waals surface area contributed by atoms with Gasteiger partial charge in [-0.25, -0.2) is 4.39 Å². The lowest BCUT2D eigenvalue weighted by Crippen LogP contribution is -2.28. The quantitative estimate of drug-likeness (QED) is 0.874. The summed E-state index contributed by atoms with van der Waals surface area (Å²) in [6.45, 7) is 1.46. The first-order chi connectivity index (χ1) is 10.1. The van der Waals surface area contributed by atoms with Crippen LogP contribution in [0.4, 0.5) is 15.8 Å². The van der Waals surface area contributed by atoms with Crippen LogP contribution in [0.15, 0.2) is 18.2 Å². The maximum atomic E-state index is 14.0. The second-order valence-corrected chi connectivity index (χ2v) is 6.48. The predicted molar refractivity (Wildman–Crippen MR) is 82.8 cm³/mol. The van der Waals surface area contributed by atoms with Crippen molar-refractivity contribution in [2.24, 2.45) is 11.8 Å². The Morgan fingerprint density at radius 1 is 1.19 bits per heavy atom.